The van der Waals surface area contributed by atoms with Crippen molar-refractivity contribution in [2.75, 3.05) is 5.73 Å². The van der Waals surface area contributed by atoms with Crippen LogP contribution in [0.15, 0.2) is 41.3 Å². The number of hydrogen-bond acceptors (Lipinski definition) is 4. The molecule has 5 nitrogen and oxygen atoms in total. The number of halogens is 2. The fourth-order valence-electron chi connectivity index (χ4n) is 1.53. The molecule has 0 saturated heterocycles. The maximum atomic E-state index is 12.9. The molecule has 0 amide bonds. The molecule has 4 N–H and O–H groups in total. The van der Waals surface area contributed by atoms with E-state index < -0.39 is 15.8 Å². The molecule has 0 aliphatic heterocycles. The first-order valence-electron chi connectivity index (χ1n) is 5.32. The summed E-state index contributed by atoms with van der Waals surface area (Å²) in [5.74, 6) is -0.0225. The van der Waals surface area contributed by atoms with Crippen molar-refractivity contribution in [3.05, 3.63) is 47.2 Å². The molecule has 106 valence electrons. The molecule has 0 heterocycles. The van der Waals surface area contributed by atoms with Gasteiger partial charge in [0.15, 0.2) is 0 Å². The van der Waals surface area contributed by atoms with Gasteiger partial charge in [0.2, 0.25) is 10.0 Å². The standard InChI is InChI=1S/C12H10ClFN2O3S/c13-9-5-7(14)1-3-11(9)19-8-2-4-12(10(15)6-8)20(16,17)18/h1-6H,15H2,(H2,16,17,18). The minimum Gasteiger partial charge on any atom is -0.456 e. The van der Waals surface area contributed by atoms with Crippen LogP contribution in [0.3, 0.4) is 0 Å². The maximum absolute atomic E-state index is 12.9. The number of hydrogen-bond donors (Lipinski definition) is 2. The molecule has 2 rings (SSSR count). The molecule has 0 atom stereocenters. The predicted molar refractivity (Wildman–Crippen MR) is 73.7 cm³/mol. The molecule has 0 bridgehead atoms. The van der Waals surface area contributed by atoms with Crippen LogP contribution >= 0.6 is 11.6 Å². The zero-order chi connectivity index (χ0) is 14.9. The highest BCUT2D eigenvalue weighted by atomic mass is 35.5. The van der Waals surface area contributed by atoms with Crippen LogP contribution in [0, 0.1) is 5.82 Å². The molecule has 0 aliphatic rings. The molecule has 2 aromatic carbocycles. The van der Waals surface area contributed by atoms with Crippen LogP contribution in [0.1, 0.15) is 0 Å². The lowest BCUT2D eigenvalue weighted by molar-refractivity contribution is 0.480. The van der Waals surface area contributed by atoms with Gasteiger partial charge in [-0.25, -0.2) is 17.9 Å². The number of nitrogens with two attached hydrogens (primary N) is 2. The SMILES string of the molecule is Nc1cc(Oc2ccc(F)cc2Cl)ccc1S(N)(=O)=O. The van der Waals surface area contributed by atoms with Gasteiger partial charge in [0.05, 0.1) is 10.7 Å². The Morgan fingerprint density at radius 3 is 2.40 bits per heavy atom. The maximum Gasteiger partial charge on any atom is 0.240 e. The summed E-state index contributed by atoms with van der Waals surface area (Å²) in [7, 11) is -3.89. The van der Waals surface area contributed by atoms with E-state index in [4.69, 9.17) is 27.2 Å². The number of ether oxygens (including phenoxy) is 1. The minimum absolute atomic E-state index is 0.0526. The van der Waals surface area contributed by atoms with Crippen LogP contribution in [0.4, 0.5) is 10.1 Å². The third-order valence-corrected chi connectivity index (χ3v) is 3.69. The fourth-order valence-corrected chi connectivity index (χ4v) is 2.39. The molecule has 0 radical (unpaired) electrons. The van der Waals surface area contributed by atoms with Gasteiger partial charge >= 0.3 is 0 Å². The number of anilines is 1. The smallest absolute Gasteiger partial charge is 0.240 e. The molecular weight excluding hydrogens is 307 g/mol. The Kier molecular flexibility index (Phi) is 3.85. The zero-order valence-corrected chi connectivity index (χ0v) is 11.6. The third kappa shape index (κ3) is 3.19. The molecule has 0 aliphatic carbocycles. The Bertz CT molecular complexity index is 765. The number of sulfonamides is 1. The summed E-state index contributed by atoms with van der Waals surface area (Å²) >= 11 is 5.81. The largest absolute Gasteiger partial charge is 0.456 e. The van der Waals surface area contributed by atoms with Crippen molar-refractivity contribution in [2.45, 2.75) is 4.90 Å². The normalized spacial score (nSPS) is 11.3. The Morgan fingerprint density at radius 2 is 1.85 bits per heavy atom. The Labute approximate surface area is 120 Å². The lowest BCUT2D eigenvalue weighted by Crippen LogP contribution is -2.14. The van der Waals surface area contributed by atoms with Gasteiger partial charge in [-0.05, 0) is 30.3 Å². The molecule has 8 heteroatoms. The molecular formula is C12H10ClFN2O3S. The van der Waals surface area contributed by atoms with Crippen molar-refractivity contribution in [2.24, 2.45) is 5.14 Å². The van der Waals surface area contributed by atoms with Crippen LogP contribution in [-0.2, 0) is 10.0 Å². The van der Waals surface area contributed by atoms with E-state index in [1.165, 1.54) is 30.3 Å². The second-order valence-corrected chi connectivity index (χ2v) is 5.86. The van der Waals surface area contributed by atoms with E-state index in [2.05, 4.69) is 0 Å². The van der Waals surface area contributed by atoms with Gasteiger partial charge in [-0.3, -0.25) is 0 Å². The van der Waals surface area contributed by atoms with Crippen LogP contribution in [0.5, 0.6) is 11.5 Å². The van der Waals surface area contributed by atoms with E-state index in [9.17, 15) is 12.8 Å². The quantitative estimate of drug-likeness (QED) is 0.850. The lowest BCUT2D eigenvalue weighted by atomic mass is 10.3. The second kappa shape index (κ2) is 5.28. The summed E-state index contributed by atoms with van der Waals surface area (Å²) in [5, 5.41) is 5.07. The highest BCUT2D eigenvalue weighted by molar-refractivity contribution is 7.89. The fraction of sp³-hybridized carbons (Fsp3) is 0. The van der Waals surface area contributed by atoms with Crippen molar-refractivity contribution in [3.8, 4) is 11.5 Å². The third-order valence-electron chi connectivity index (χ3n) is 2.41. The van der Waals surface area contributed by atoms with Crippen LogP contribution in [0.25, 0.3) is 0 Å². The molecule has 0 aromatic heterocycles. The molecule has 20 heavy (non-hydrogen) atoms. The Balaban J connectivity index is 2.34. The van der Waals surface area contributed by atoms with Gasteiger partial charge in [-0.2, -0.15) is 0 Å². The van der Waals surface area contributed by atoms with Gasteiger partial charge in [0, 0.05) is 6.07 Å². The average molecular weight is 317 g/mol. The molecule has 0 unspecified atom stereocenters. The van der Waals surface area contributed by atoms with E-state index in [0.29, 0.717) is 0 Å². The van der Waals surface area contributed by atoms with Crippen molar-refractivity contribution in [3.63, 3.8) is 0 Å². The van der Waals surface area contributed by atoms with E-state index in [1.807, 2.05) is 0 Å². The van der Waals surface area contributed by atoms with Crippen LogP contribution in [-0.4, -0.2) is 8.42 Å². The minimum atomic E-state index is -3.89. The van der Waals surface area contributed by atoms with Crippen molar-refractivity contribution < 1.29 is 17.5 Å². The Hall–Kier alpha value is -1.83. The van der Waals surface area contributed by atoms with Crippen molar-refractivity contribution in [1.82, 2.24) is 0 Å². The van der Waals surface area contributed by atoms with Gasteiger partial charge in [0.1, 0.15) is 22.2 Å². The molecule has 2 aromatic rings. The van der Waals surface area contributed by atoms with Crippen LogP contribution < -0.4 is 15.6 Å². The molecule has 0 spiro atoms. The lowest BCUT2D eigenvalue weighted by Gasteiger charge is -2.09. The van der Waals surface area contributed by atoms with Gasteiger partial charge in [0.25, 0.3) is 0 Å². The van der Waals surface area contributed by atoms with E-state index in [1.54, 1.807) is 0 Å². The predicted octanol–water partition coefficient (Wildman–Crippen LogP) is 2.50. The summed E-state index contributed by atoms with van der Waals surface area (Å²) in [6, 6.07) is 7.51. The van der Waals surface area contributed by atoms with Crippen molar-refractivity contribution >= 4 is 27.3 Å². The van der Waals surface area contributed by atoms with E-state index in [0.717, 1.165) is 6.07 Å². The summed E-state index contributed by atoms with van der Waals surface area (Å²) in [6.07, 6.45) is 0. The first kappa shape index (κ1) is 14.6. The summed E-state index contributed by atoms with van der Waals surface area (Å²) < 4.78 is 40.7. The molecule has 0 saturated carbocycles. The van der Waals surface area contributed by atoms with Gasteiger partial charge in [-0.1, -0.05) is 11.6 Å². The number of nitrogen functional groups attached to an aromatic ring is 1. The number of primary sulfonamides is 1. The van der Waals surface area contributed by atoms with Crippen LogP contribution in [0.2, 0.25) is 5.02 Å². The van der Waals surface area contributed by atoms with Gasteiger partial charge < -0.3 is 10.5 Å². The highest BCUT2D eigenvalue weighted by Gasteiger charge is 2.13. The topological polar surface area (TPSA) is 95.4 Å². The average Bonchev–Trinajstić information content (AvgIpc) is 2.31. The first-order chi connectivity index (χ1) is 9.27. The highest BCUT2D eigenvalue weighted by Crippen LogP contribution is 2.31. The van der Waals surface area contributed by atoms with E-state index in [-0.39, 0.29) is 27.1 Å². The zero-order valence-electron chi connectivity index (χ0n) is 10.0. The van der Waals surface area contributed by atoms with Crippen molar-refractivity contribution in [1.29, 1.82) is 0 Å². The Morgan fingerprint density at radius 1 is 1.15 bits per heavy atom. The number of rotatable bonds is 3. The summed E-state index contributed by atoms with van der Waals surface area (Å²) in [4.78, 5) is -0.199. The monoisotopic (exact) mass is 316 g/mol. The number of benzene rings is 2. The summed E-state index contributed by atoms with van der Waals surface area (Å²) in [5.41, 5.74) is 5.54. The summed E-state index contributed by atoms with van der Waals surface area (Å²) in [6.45, 7) is 0. The van der Waals surface area contributed by atoms with E-state index >= 15 is 0 Å². The van der Waals surface area contributed by atoms with Gasteiger partial charge in [-0.15, -0.1) is 0 Å². The molecule has 0 fully saturated rings. The first-order valence-corrected chi connectivity index (χ1v) is 7.25. The second-order valence-electron chi connectivity index (χ2n) is 3.92.